The van der Waals surface area contributed by atoms with Crippen LogP contribution >= 0.6 is 22.9 Å². The van der Waals surface area contributed by atoms with Crippen LogP contribution in [0.5, 0.6) is 5.75 Å². The lowest BCUT2D eigenvalue weighted by molar-refractivity contribution is -0.117. The second kappa shape index (κ2) is 8.80. The van der Waals surface area contributed by atoms with E-state index in [0.717, 1.165) is 16.0 Å². The summed E-state index contributed by atoms with van der Waals surface area (Å²) < 4.78 is 10.9. The van der Waals surface area contributed by atoms with Gasteiger partial charge in [0.1, 0.15) is 23.5 Å². The van der Waals surface area contributed by atoms with Crippen LogP contribution in [0.25, 0.3) is 16.5 Å². The second-order valence-electron chi connectivity index (χ2n) is 7.05. The van der Waals surface area contributed by atoms with E-state index in [0.29, 0.717) is 27.6 Å². The van der Waals surface area contributed by atoms with Crippen molar-refractivity contribution in [1.82, 2.24) is 5.32 Å². The zero-order valence-electron chi connectivity index (χ0n) is 16.5. The molecule has 0 saturated heterocycles. The molecule has 1 aliphatic heterocycles. The summed E-state index contributed by atoms with van der Waals surface area (Å²) in [5, 5.41) is 12.5. The van der Waals surface area contributed by atoms with Gasteiger partial charge in [0.2, 0.25) is 0 Å². The van der Waals surface area contributed by atoms with Crippen molar-refractivity contribution in [1.29, 1.82) is 5.26 Å². The van der Waals surface area contributed by atoms with Crippen LogP contribution in [0.15, 0.2) is 52.8 Å². The molecular weight excluding hydrogens is 436 g/mol. The number of rotatable bonds is 6. The molecule has 0 bridgehead atoms. The van der Waals surface area contributed by atoms with Gasteiger partial charge in [-0.2, -0.15) is 5.26 Å². The molecule has 0 fully saturated rings. The van der Waals surface area contributed by atoms with Crippen LogP contribution in [0.2, 0.25) is 5.02 Å². The molecule has 2 aromatic heterocycles. The van der Waals surface area contributed by atoms with Crippen molar-refractivity contribution in [2.45, 2.75) is 19.4 Å². The lowest BCUT2D eigenvalue weighted by Crippen LogP contribution is -2.35. The number of carbonyl (C=O) groups is 2. The van der Waals surface area contributed by atoms with E-state index in [-0.39, 0.29) is 24.0 Å². The van der Waals surface area contributed by atoms with Crippen LogP contribution in [-0.2, 0) is 11.2 Å². The van der Waals surface area contributed by atoms with Gasteiger partial charge in [0.15, 0.2) is 5.78 Å². The van der Waals surface area contributed by atoms with Gasteiger partial charge in [0.05, 0.1) is 29.0 Å². The van der Waals surface area contributed by atoms with E-state index in [1.807, 2.05) is 30.3 Å². The van der Waals surface area contributed by atoms with Crippen molar-refractivity contribution in [2.24, 2.45) is 0 Å². The zero-order valence-corrected chi connectivity index (χ0v) is 18.0. The maximum Gasteiger partial charge on any atom is 0.262 e. The molecule has 3 heterocycles. The summed E-state index contributed by atoms with van der Waals surface area (Å²) in [7, 11) is 0. The maximum absolute atomic E-state index is 12.4. The van der Waals surface area contributed by atoms with Gasteiger partial charge in [-0.15, -0.1) is 11.3 Å². The Morgan fingerprint density at radius 1 is 1.35 bits per heavy atom. The van der Waals surface area contributed by atoms with E-state index in [2.05, 4.69) is 5.32 Å². The predicted molar refractivity (Wildman–Crippen MR) is 118 cm³/mol. The van der Waals surface area contributed by atoms with Crippen LogP contribution in [0, 0.1) is 11.3 Å². The molecule has 4 rings (SSSR count). The minimum absolute atomic E-state index is 0.0174. The third kappa shape index (κ3) is 4.55. The van der Waals surface area contributed by atoms with Crippen molar-refractivity contribution < 1.29 is 18.7 Å². The number of amides is 1. The zero-order chi connectivity index (χ0) is 22.0. The largest absolute Gasteiger partial charge is 0.486 e. The van der Waals surface area contributed by atoms with Gasteiger partial charge in [0, 0.05) is 22.4 Å². The SMILES string of the molecule is CC(=O)c1ccc(-c2cc(Cl)c3c(c2)CC(CNC(=O)C(C#N)=Cc2ccoc2)O3)s1. The van der Waals surface area contributed by atoms with Gasteiger partial charge in [-0.25, -0.2) is 0 Å². The fourth-order valence-corrected chi connectivity index (χ4v) is 4.47. The van der Waals surface area contributed by atoms with E-state index in [9.17, 15) is 14.9 Å². The van der Waals surface area contributed by atoms with Crippen molar-refractivity contribution in [2.75, 3.05) is 6.54 Å². The van der Waals surface area contributed by atoms with Crippen molar-refractivity contribution in [3.63, 3.8) is 0 Å². The van der Waals surface area contributed by atoms with Crippen molar-refractivity contribution in [3.8, 4) is 22.3 Å². The van der Waals surface area contributed by atoms with Gasteiger partial charge in [0.25, 0.3) is 5.91 Å². The van der Waals surface area contributed by atoms with Crippen LogP contribution in [0.4, 0.5) is 0 Å². The molecule has 1 aliphatic rings. The average Bonchev–Trinajstić information content (AvgIpc) is 3.50. The highest BCUT2D eigenvalue weighted by molar-refractivity contribution is 7.17. The molecule has 6 nitrogen and oxygen atoms in total. The third-order valence-corrected chi connectivity index (χ3v) is 6.32. The number of ketones is 1. The average molecular weight is 453 g/mol. The number of nitrogens with one attached hydrogen (secondary N) is 1. The first-order valence-electron chi connectivity index (χ1n) is 9.47. The molecule has 0 radical (unpaired) electrons. The van der Waals surface area contributed by atoms with Gasteiger partial charge in [-0.1, -0.05) is 11.6 Å². The van der Waals surface area contributed by atoms with Gasteiger partial charge >= 0.3 is 0 Å². The summed E-state index contributed by atoms with van der Waals surface area (Å²) in [6, 6.07) is 11.1. The molecule has 1 amide bonds. The maximum atomic E-state index is 12.4. The minimum atomic E-state index is -0.481. The summed E-state index contributed by atoms with van der Waals surface area (Å²) in [6.45, 7) is 1.77. The molecule has 3 aromatic rings. The van der Waals surface area contributed by atoms with Gasteiger partial charge in [-0.3, -0.25) is 9.59 Å². The van der Waals surface area contributed by atoms with Crippen molar-refractivity contribution in [3.05, 3.63) is 69.5 Å². The number of nitrogens with zero attached hydrogens (tertiary/aromatic N) is 1. The summed E-state index contributed by atoms with van der Waals surface area (Å²) >= 11 is 7.86. The number of thiophene rings is 1. The first-order chi connectivity index (χ1) is 14.9. The number of carbonyl (C=O) groups excluding carboxylic acids is 2. The summed E-state index contributed by atoms with van der Waals surface area (Å²) in [5.74, 6) is 0.147. The Kier molecular flexibility index (Phi) is 5.94. The second-order valence-corrected chi connectivity index (χ2v) is 8.54. The van der Waals surface area contributed by atoms with Crippen LogP contribution < -0.4 is 10.1 Å². The van der Waals surface area contributed by atoms with E-state index in [1.165, 1.54) is 29.9 Å². The monoisotopic (exact) mass is 452 g/mol. The van der Waals surface area contributed by atoms with Crippen LogP contribution in [0.3, 0.4) is 0 Å². The first-order valence-corrected chi connectivity index (χ1v) is 10.7. The number of ether oxygens (including phenoxy) is 1. The fourth-order valence-electron chi connectivity index (χ4n) is 3.30. The molecule has 0 saturated carbocycles. The fraction of sp³-hybridized carbons (Fsp3) is 0.174. The number of Topliss-reactive ketones (excluding diaryl/α,β-unsaturated/α-hetero) is 1. The van der Waals surface area contributed by atoms with E-state index < -0.39 is 5.91 Å². The highest BCUT2D eigenvalue weighted by atomic mass is 35.5. The molecule has 1 aromatic carbocycles. The standard InChI is InChI=1S/C23H17ClN2O4S/c1-13(27)20-2-3-21(31-20)15-7-16-8-18(30-22(16)19(24)9-15)11-26-23(28)17(10-25)6-14-4-5-29-12-14/h2-7,9,12,18H,8,11H2,1H3,(H,26,28). The Morgan fingerprint density at radius 2 is 2.19 bits per heavy atom. The Balaban J connectivity index is 1.44. The number of furan rings is 1. The topological polar surface area (TPSA) is 92.3 Å². The Hall–Kier alpha value is -3.34. The molecule has 0 aliphatic carbocycles. The van der Waals surface area contributed by atoms with E-state index in [1.54, 1.807) is 13.0 Å². The molecule has 1 atom stereocenters. The van der Waals surface area contributed by atoms with Crippen molar-refractivity contribution >= 4 is 40.7 Å². The highest BCUT2D eigenvalue weighted by Crippen LogP contribution is 2.41. The third-order valence-electron chi connectivity index (χ3n) is 4.80. The molecular formula is C23H17ClN2O4S. The Labute approximate surface area is 187 Å². The van der Waals surface area contributed by atoms with Gasteiger partial charge in [-0.05, 0) is 48.9 Å². The molecule has 0 spiro atoms. The number of fused-ring (bicyclic) bond motifs is 1. The molecule has 1 N–H and O–H groups in total. The number of hydrogen-bond acceptors (Lipinski definition) is 6. The first kappa shape index (κ1) is 20.9. The Morgan fingerprint density at radius 3 is 2.87 bits per heavy atom. The Bertz CT molecular complexity index is 1220. The highest BCUT2D eigenvalue weighted by Gasteiger charge is 2.27. The summed E-state index contributed by atoms with van der Waals surface area (Å²) in [6.07, 6.45) is 4.66. The predicted octanol–water partition coefficient (Wildman–Crippen LogP) is 4.89. The van der Waals surface area contributed by atoms with Crippen LogP contribution in [0.1, 0.15) is 27.7 Å². The lowest BCUT2D eigenvalue weighted by Gasteiger charge is -2.12. The molecule has 8 heteroatoms. The normalized spacial score (nSPS) is 15.1. The summed E-state index contributed by atoms with van der Waals surface area (Å²) in [5.41, 5.74) is 2.48. The van der Waals surface area contributed by atoms with Gasteiger partial charge < -0.3 is 14.5 Å². The van der Waals surface area contributed by atoms with E-state index >= 15 is 0 Å². The smallest absolute Gasteiger partial charge is 0.262 e. The number of nitriles is 1. The lowest BCUT2D eigenvalue weighted by atomic mass is 10.1. The molecule has 1 unspecified atom stereocenters. The number of hydrogen-bond donors (Lipinski definition) is 1. The number of benzene rings is 1. The van der Waals surface area contributed by atoms with Crippen LogP contribution in [-0.4, -0.2) is 24.3 Å². The molecule has 31 heavy (non-hydrogen) atoms. The minimum Gasteiger partial charge on any atom is -0.486 e. The molecule has 156 valence electrons. The number of halogens is 1. The van der Waals surface area contributed by atoms with E-state index in [4.69, 9.17) is 20.8 Å². The summed E-state index contributed by atoms with van der Waals surface area (Å²) in [4.78, 5) is 25.6. The quantitative estimate of drug-likeness (QED) is 0.326.